The highest BCUT2D eigenvalue weighted by Gasteiger charge is 2.44. The molecule has 2 aromatic carbocycles. The number of rotatable bonds is 6. The summed E-state index contributed by atoms with van der Waals surface area (Å²) in [5.74, 6) is 1.70. The van der Waals surface area contributed by atoms with Gasteiger partial charge >= 0.3 is 0 Å². The Kier molecular flexibility index (Phi) is 6.40. The molecule has 0 saturated carbocycles. The Morgan fingerprint density at radius 3 is 2.62 bits per heavy atom. The molecule has 0 radical (unpaired) electrons. The Morgan fingerprint density at radius 1 is 1.19 bits per heavy atom. The first-order valence-electron chi connectivity index (χ1n) is 10.8. The van der Waals surface area contributed by atoms with Gasteiger partial charge in [-0.05, 0) is 55.2 Å². The Balaban J connectivity index is 1.22. The fourth-order valence-electron chi connectivity index (χ4n) is 4.70. The molecule has 3 heterocycles. The minimum Gasteiger partial charge on any atom is -0.489 e. The van der Waals surface area contributed by atoms with Gasteiger partial charge in [-0.3, -0.25) is 4.79 Å². The highest BCUT2D eigenvalue weighted by molar-refractivity contribution is 8.00. The van der Waals surface area contributed by atoms with Crippen LogP contribution in [0.4, 0.5) is 0 Å². The van der Waals surface area contributed by atoms with Crippen LogP contribution in [0.2, 0.25) is 5.02 Å². The average Bonchev–Trinajstić information content (AvgIpc) is 3.41. The fraction of sp³-hybridized carbons (Fsp3) is 0.375. The van der Waals surface area contributed by atoms with E-state index < -0.39 is 0 Å². The zero-order valence-electron chi connectivity index (χ0n) is 17.7. The standard InChI is InChI=1S/C24H24ClN3O2S2/c1-15-2-9-21(25)22(10-15)30-20-11-18-7-8-19(12-20)28(18)23(29)17-5-3-16(4-6-17)13-31-24-27-26-14-32-24/h2-6,9-10,14,18-20H,7-8,11-13H2,1H3. The average molecular weight is 486 g/mol. The summed E-state index contributed by atoms with van der Waals surface area (Å²) < 4.78 is 7.23. The van der Waals surface area contributed by atoms with Gasteiger partial charge in [-0.15, -0.1) is 10.2 Å². The van der Waals surface area contributed by atoms with Crippen molar-refractivity contribution in [2.75, 3.05) is 0 Å². The third-order valence-electron chi connectivity index (χ3n) is 6.21. The van der Waals surface area contributed by atoms with Crippen molar-refractivity contribution in [2.45, 2.75) is 60.9 Å². The summed E-state index contributed by atoms with van der Waals surface area (Å²) in [5.41, 5.74) is 4.80. The molecule has 2 aliphatic heterocycles. The summed E-state index contributed by atoms with van der Waals surface area (Å²) in [6, 6.07) is 14.3. The predicted octanol–water partition coefficient (Wildman–Crippen LogP) is 6.01. The Hall–Kier alpha value is -2.09. The zero-order valence-corrected chi connectivity index (χ0v) is 20.1. The van der Waals surface area contributed by atoms with Crippen molar-refractivity contribution in [2.24, 2.45) is 0 Å². The van der Waals surface area contributed by atoms with E-state index in [1.807, 2.05) is 49.4 Å². The summed E-state index contributed by atoms with van der Waals surface area (Å²) >= 11 is 9.53. The molecule has 3 aromatic rings. The highest BCUT2D eigenvalue weighted by atomic mass is 35.5. The van der Waals surface area contributed by atoms with Crippen LogP contribution in [0.5, 0.6) is 5.75 Å². The molecule has 2 aliphatic rings. The lowest BCUT2D eigenvalue weighted by Gasteiger charge is -2.39. The van der Waals surface area contributed by atoms with Gasteiger partial charge < -0.3 is 9.64 Å². The van der Waals surface area contributed by atoms with Crippen LogP contribution in [-0.2, 0) is 5.75 Å². The van der Waals surface area contributed by atoms with E-state index in [0.717, 1.165) is 52.7 Å². The molecule has 2 fully saturated rings. The van der Waals surface area contributed by atoms with Crippen LogP contribution < -0.4 is 4.74 Å². The lowest BCUT2D eigenvalue weighted by molar-refractivity contribution is 0.0359. The van der Waals surface area contributed by atoms with Crippen molar-refractivity contribution in [3.05, 3.63) is 69.7 Å². The maximum Gasteiger partial charge on any atom is 0.254 e. The van der Waals surface area contributed by atoms with Crippen LogP contribution in [-0.4, -0.2) is 39.2 Å². The van der Waals surface area contributed by atoms with Crippen molar-refractivity contribution in [3.63, 3.8) is 0 Å². The number of carbonyl (C=O) groups is 1. The van der Waals surface area contributed by atoms with Crippen LogP contribution in [0, 0.1) is 6.92 Å². The second-order valence-corrected chi connectivity index (χ2v) is 10.9. The molecule has 32 heavy (non-hydrogen) atoms. The number of halogens is 1. The lowest BCUT2D eigenvalue weighted by Crippen LogP contribution is -2.49. The second-order valence-electron chi connectivity index (χ2n) is 8.43. The number of nitrogens with zero attached hydrogens (tertiary/aromatic N) is 3. The monoisotopic (exact) mass is 485 g/mol. The number of fused-ring (bicyclic) bond motifs is 2. The Bertz CT molecular complexity index is 1080. The number of amides is 1. The number of carbonyl (C=O) groups excluding carboxylic acids is 1. The van der Waals surface area contributed by atoms with E-state index in [2.05, 4.69) is 15.1 Å². The maximum atomic E-state index is 13.3. The van der Waals surface area contributed by atoms with Crippen LogP contribution in [0.3, 0.4) is 0 Å². The van der Waals surface area contributed by atoms with Gasteiger partial charge in [-0.1, -0.05) is 52.9 Å². The smallest absolute Gasteiger partial charge is 0.254 e. The number of hydrogen-bond acceptors (Lipinski definition) is 6. The van der Waals surface area contributed by atoms with E-state index >= 15 is 0 Å². The van der Waals surface area contributed by atoms with Crippen LogP contribution in [0.1, 0.15) is 47.2 Å². The van der Waals surface area contributed by atoms with Crippen molar-refractivity contribution in [1.82, 2.24) is 15.1 Å². The predicted molar refractivity (Wildman–Crippen MR) is 129 cm³/mol. The van der Waals surface area contributed by atoms with Crippen LogP contribution in [0.15, 0.2) is 52.3 Å². The SMILES string of the molecule is Cc1ccc(Cl)c(OC2CC3CCC(C2)N3C(=O)c2ccc(CSc3nncs3)cc2)c1. The molecule has 5 nitrogen and oxygen atoms in total. The fourth-order valence-corrected chi connectivity index (χ4v) is 6.31. The van der Waals surface area contributed by atoms with Crippen molar-refractivity contribution in [3.8, 4) is 5.75 Å². The summed E-state index contributed by atoms with van der Waals surface area (Å²) in [5, 5.41) is 8.56. The van der Waals surface area contributed by atoms with Gasteiger partial charge in [0.15, 0.2) is 4.34 Å². The summed E-state index contributed by atoms with van der Waals surface area (Å²) in [7, 11) is 0. The van der Waals surface area contributed by atoms with Crippen molar-refractivity contribution >= 4 is 40.6 Å². The number of ether oxygens (including phenoxy) is 1. The number of thioether (sulfide) groups is 1. The van der Waals surface area contributed by atoms with E-state index in [0.29, 0.717) is 5.02 Å². The Labute approximate surface area is 201 Å². The third kappa shape index (κ3) is 4.65. The third-order valence-corrected chi connectivity index (χ3v) is 8.45. The van der Waals surface area contributed by atoms with Gasteiger partial charge in [-0.2, -0.15) is 0 Å². The quantitative estimate of drug-likeness (QED) is 0.400. The van der Waals surface area contributed by atoms with Gasteiger partial charge in [0.2, 0.25) is 0 Å². The molecule has 8 heteroatoms. The summed E-state index contributed by atoms with van der Waals surface area (Å²) in [6.07, 6.45) is 3.87. The number of benzene rings is 2. The summed E-state index contributed by atoms with van der Waals surface area (Å²) in [4.78, 5) is 15.4. The summed E-state index contributed by atoms with van der Waals surface area (Å²) in [6.45, 7) is 2.04. The Morgan fingerprint density at radius 2 is 1.94 bits per heavy atom. The van der Waals surface area contributed by atoms with Crippen LogP contribution >= 0.6 is 34.7 Å². The lowest BCUT2D eigenvalue weighted by atomic mass is 9.98. The molecule has 2 saturated heterocycles. The van der Waals surface area contributed by atoms with E-state index in [1.165, 1.54) is 5.56 Å². The molecule has 0 aliphatic carbocycles. The molecule has 1 amide bonds. The first kappa shape index (κ1) is 21.7. The molecule has 166 valence electrons. The van der Waals surface area contributed by atoms with Crippen LogP contribution in [0.25, 0.3) is 0 Å². The first-order valence-corrected chi connectivity index (χ1v) is 13.0. The molecule has 0 spiro atoms. The van der Waals surface area contributed by atoms with Crippen molar-refractivity contribution < 1.29 is 9.53 Å². The van der Waals surface area contributed by atoms with Gasteiger partial charge in [0.1, 0.15) is 17.4 Å². The van der Waals surface area contributed by atoms with Gasteiger partial charge in [0.05, 0.1) is 5.02 Å². The first-order chi connectivity index (χ1) is 15.6. The number of piperidine rings is 1. The maximum absolute atomic E-state index is 13.3. The molecule has 0 N–H and O–H groups in total. The molecule has 2 unspecified atom stereocenters. The number of hydrogen-bond donors (Lipinski definition) is 0. The largest absolute Gasteiger partial charge is 0.489 e. The zero-order chi connectivity index (χ0) is 22.1. The molecular weight excluding hydrogens is 462 g/mol. The van der Waals surface area contributed by atoms with E-state index in [9.17, 15) is 4.79 Å². The van der Waals surface area contributed by atoms with Gasteiger partial charge in [0, 0.05) is 36.2 Å². The molecule has 5 rings (SSSR count). The number of aromatic nitrogens is 2. The minimum absolute atomic E-state index is 0.0931. The topological polar surface area (TPSA) is 55.3 Å². The molecule has 2 bridgehead atoms. The van der Waals surface area contributed by atoms with E-state index in [1.54, 1.807) is 28.6 Å². The normalized spacial score (nSPS) is 22.2. The van der Waals surface area contributed by atoms with Gasteiger partial charge in [-0.25, -0.2) is 0 Å². The minimum atomic E-state index is 0.0931. The number of aryl methyl sites for hydroxylation is 1. The van der Waals surface area contributed by atoms with Gasteiger partial charge in [0.25, 0.3) is 5.91 Å². The highest BCUT2D eigenvalue weighted by Crippen LogP contribution is 2.39. The second kappa shape index (κ2) is 9.41. The molecule has 1 aromatic heterocycles. The van der Waals surface area contributed by atoms with E-state index in [4.69, 9.17) is 16.3 Å². The molecule has 2 atom stereocenters. The molecular formula is C24H24ClN3O2S2. The van der Waals surface area contributed by atoms with Crippen molar-refractivity contribution in [1.29, 1.82) is 0 Å². The van der Waals surface area contributed by atoms with E-state index in [-0.39, 0.29) is 24.1 Å².